The maximum atomic E-state index is 5.88. The standard InChI is InChI=1S/C17H23N3O2/c1-2-13-21-15-9-6-11-20(12-10-15)17-18-16(22-19-17)14-7-4-3-5-8-14/h3-5,7-8,15H,2,6,9-13H2,1H3. The van der Waals surface area contributed by atoms with Crippen LogP contribution in [0.5, 0.6) is 0 Å². The number of benzene rings is 1. The van der Waals surface area contributed by atoms with Gasteiger partial charge in [-0.2, -0.15) is 4.98 Å². The number of anilines is 1. The summed E-state index contributed by atoms with van der Waals surface area (Å²) < 4.78 is 11.3. The molecular formula is C17H23N3O2. The Hall–Kier alpha value is -1.88. The van der Waals surface area contributed by atoms with Gasteiger partial charge in [-0.05, 0) is 43.0 Å². The molecule has 1 aliphatic heterocycles. The van der Waals surface area contributed by atoms with Crippen LogP contribution in [0.3, 0.4) is 0 Å². The molecule has 0 bridgehead atoms. The van der Waals surface area contributed by atoms with E-state index in [0.717, 1.165) is 50.9 Å². The molecule has 1 atom stereocenters. The maximum absolute atomic E-state index is 5.88. The summed E-state index contributed by atoms with van der Waals surface area (Å²) >= 11 is 0. The molecule has 0 radical (unpaired) electrons. The minimum atomic E-state index is 0.366. The van der Waals surface area contributed by atoms with E-state index < -0.39 is 0 Å². The van der Waals surface area contributed by atoms with Crippen molar-refractivity contribution in [1.82, 2.24) is 10.1 Å². The Labute approximate surface area is 131 Å². The first-order chi connectivity index (χ1) is 10.9. The molecular weight excluding hydrogens is 278 g/mol. The Bertz CT molecular complexity index is 570. The minimum absolute atomic E-state index is 0.366. The van der Waals surface area contributed by atoms with E-state index in [0.29, 0.717) is 17.9 Å². The number of hydrogen-bond donors (Lipinski definition) is 0. The third-order valence-corrected chi connectivity index (χ3v) is 3.95. The average molecular weight is 301 g/mol. The van der Waals surface area contributed by atoms with Crippen LogP contribution in [0.2, 0.25) is 0 Å². The number of rotatable bonds is 5. The molecule has 0 saturated carbocycles. The van der Waals surface area contributed by atoms with Crippen molar-refractivity contribution in [3.63, 3.8) is 0 Å². The van der Waals surface area contributed by atoms with Gasteiger partial charge in [-0.3, -0.25) is 0 Å². The second-order valence-electron chi connectivity index (χ2n) is 5.68. The molecule has 118 valence electrons. The van der Waals surface area contributed by atoms with Gasteiger partial charge in [0.15, 0.2) is 0 Å². The lowest BCUT2D eigenvalue weighted by molar-refractivity contribution is 0.0461. The van der Waals surface area contributed by atoms with E-state index in [4.69, 9.17) is 9.26 Å². The topological polar surface area (TPSA) is 51.4 Å². The molecule has 3 rings (SSSR count). The fourth-order valence-electron chi connectivity index (χ4n) is 2.76. The molecule has 1 unspecified atom stereocenters. The second kappa shape index (κ2) is 7.40. The smallest absolute Gasteiger partial charge is 0.266 e. The van der Waals surface area contributed by atoms with E-state index in [9.17, 15) is 0 Å². The van der Waals surface area contributed by atoms with Gasteiger partial charge in [0.25, 0.3) is 11.8 Å². The summed E-state index contributed by atoms with van der Waals surface area (Å²) in [6, 6.07) is 9.89. The Morgan fingerprint density at radius 2 is 2.09 bits per heavy atom. The third-order valence-electron chi connectivity index (χ3n) is 3.95. The summed E-state index contributed by atoms with van der Waals surface area (Å²) in [5.74, 6) is 1.27. The van der Waals surface area contributed by atoms with E-state index in [1.165, 1.54) is 0 Å². The quantitative estimate of drug-likeness (QED) is 0.845. The lowest BCUT2D eigenvalue weighted by atomic mass is 10.2. The molecule has 0 spiro atoms. The van der Waals surface area contributed by atoms with Crippen LogP contribution in [0.1, 0.15) is 32.6 Å². The average Bonchev–Trinajstić information content (AvgIpc) is 2.94. The van der Waals surface area contributed by atoms with E-state index in [1.807, 2.05) is 30.3 Å². The van der Waals surface area contributed by atoms with Crippen molar-refractivity contribution in [2.45, 2.75) is 38.7 Å². The van der Waals surface area contributed by atoms with Crippen molar-refractivity contribution >= 4 is 5.95 Å². The molecule has 5 heteroatoms. The van der Waals surface area contributed by atoms with Crippen LogP contribution >= 0.6 is 0 Å². The van der Waals surface area contributed by atoms with Crippen LogP contribution < -0.4 is 4.90 Å². The molecule has 1 aliphatic rings. The third kappa shape index (κ3) is 3.65. The summed E-state index contributed by atoms with van der Waals surface area (Å²) in [5.41, 5.74) is 0.959. The monoisotopic (exact) mass is 301 g/mol. The van der Waals surface area contributed by atoms with Crippen molar-refractivity contribution in [3.8, 4) is 11.5 Å². The van der Waals surface area contributed by atoms with Gasteiger partial charge in [0.2, 0.25) is 0 Å². The first kappa shape index (κ1) is 15.0. The number of ether oxygens (including phenoxy) is 1. The fraction of sp³-hybridized carbons (Fsp3) is 0.529. The minimum Gasteiger partial charge on any atom is -0.378 e. The molecule has 1 fully saturated rings. The Morgan fingerprint density at radius 3 is 2.91 bits per heavy atom. The number of nitrogens with zero attached hydrogens (tertiary/aromatic N) is 3. The lowest BCUT2D eigenvalue weighted by Gasteiger charge is -2.18. The highest BCUT2D eigenvalue weighted by molar-refractivity contribution is 5.54. The molecule has 22 heavy (non-hydrogen) atoms. The normalized spacial score (nSPS) is 19.1. The van der Waals surface area contributed by atoms with Crippen LogP contribution in [0.15, 0.2) is 34.9 Å². The molecule has 1 aromatic heterocycles. The number of hydrogen-bond acceptors (Lipinski definition) is 5. The van der Waals surface area contributed by atoms with Crippen LogP contribution in [-0.4, -0.2) is 35.9 Å². The van der Waals surface area contributed by atoms with Crippen molar-refractivity contribution in [3.05, 3.63) is 30.3 Å². The van der Waals surface area contributed by atoms with Crippen molar-refractivity contribution < 1.29 is 9.26 Å². The van der Waals surface area contributed by atoms with E-state index >= 15 is 0 Å². The summed E-state index contributed by atoms with van der Waals surface area (Å²) in [7, 11) is 0. The van der Waals surface area contributed by atoms with E-state index in [2.05, 4.69) is 22.0 Å². The first-order valence-corrected chi connectivity index (χ1v) is 8.12. The summed E-state index contributed by atoms with van der Waals surface area (Å²) in [6.07, 6.45) is 4.68. The first-order valence-electron chi connectivity index (χ1n) is 8.12. The van der Waals surface area contributed by atoms with Gasteiger partial charge in [-0.15, -0.1) is 0 Å². The van der Waals surface area contributed by atoms with Gasteiger partial charge in [0.1, 0.15) is 0 Å². The van der Waals surface area contributed by atoms with Crippen LogP contribution in [-0.2, 0) is 4.74 Å². The zero-order valence-electron chi connectivity index (χ0n) is 13.1. The van der Waals surface area contributed by atoms with E-state index in [1.54, 1.807) is 0 Å². The highest BCUT2D eigenvalue weighted by Gasteiger charge is 2.21. The highest BCUT2D eigenvalue weighted by atomic mass is 16.5. The van der Waals surface area contributed by atoms with Crippen molar-refractivity contribution in [1.29, 1.82) is 0 Å². The Kier molecular flexibility index (Phi) is 5.06. The summed E-state index contributed by atoms with van der Waals surface area (Å²) in [5, 5.41) is 4.14. The largest absolute Gasteiger partial charge is 0.378 e. The molecule has 2 aromatic rings. The predicted molar refractivity (Wildman–Crippen MR) is 85.8 cm³/mol. The number of aromatic nitrogens is 2. The second-order valence-corrected chi connectivity index (χ2v) is 5.68. The Morgan fingerprint density at radius 1 is 1.23 bits per heavy atom. The molecule has 0 aliphatic carbocycles. The zero-order valence-corrected chi connectivity index (χ0v) is 13.1. The molecule has 2 heterocycles. The van der Waals surface area contributed by atoms with Crippen molar-refractivity contribution in [2.24, 2.45) is 0 Å². The molecule has 1 aromatic carbocycles. The SMILES string of the molecule is CCCOC1CCCN(c2noc(-c3ccccc3)n2)CC1. The van der Waals surface area contributed by atoms with E-state index in [-0.39, 0.29) is 0 Å². The molecule has 5 nitrogen and oxygen atoms in total. The fourth-order valence-corrected chi connectivity index (χ4v) is 2.76. The lowest BCUT2D eigenvalue weighted by Crippen LogP contribution is -2.26. The maximum Gasteiger partial charge on any atom is 0.266 e. The highest BCUT2D eigenvalue weighted by Crippen LogP contribution is 2.22. The molecule has 1 saturated heterocycles. The zero-order chi connectivity index (χ0) is 15.2. The van der Waals surface area contributed by atoms with Crippen molar-refractivity contribution in [2.75, 3.05) is 24.6 Å². The van der Waals surface area contributed by atoms with Gasteiger partial charge in [0.05, 0.1) is 6.10 Å². The summed E-state index contributed by atoms with van der Waals surface area (Å²) in [6.45, 7) is 4.88. The van der Waals surface area contributed by atoms with Crippen LogP contribution in [0.4, 0.5) is 5.95 Å². The van der Waals surface area contributed by atoms with Gasteiger partial charge < -0.3 is 14.2 Å². The van der Waals surface area contributed by atoms with Gasteiger partial charge in [-0.25, -0.2) is 0 Å². The summed E-state index contributed by atoms with van der Waals surface area (Å²) in [4.78, 5) is 6.74. The van der Waals surface area contributed by atoms with Gasteiger partial charge in [0, 0.05) is 25.3 Å². The van der Waals surface area contributed by atoms with Gasteiger partial charge in [-0.1, -0.05) is 25.1 Å². The molecule has 0 N–H and O–H groups in total. The van der Waals surface area contributed by atoms with Crippen LogP contribution in [0, 0.1) is 0 Å². The van der Waals surface area contributed by atoms with Crippen LogP contribution in [0.25, 0.3) is 11.5 Å². The Balaban J connectivity index is 1.64. The predicted octanol–water partition coefficient (Wildman–Crippen LogP) is 3.52. The molecule has 0 amide bonds. The van der Waals surface area contributed by atoms with Gasteiger partial charge >= 0.3 is 0 Å².